The summed E-state index contributed by atoms with van der Waals surface area (Å²) in [5, 5.41) is 0. The first kappa shape index (κ1) is 30.8. The van der Waals surface area contributed by atoms with E-state index in [9.17, 15) is 19.2 Å². The van der Waals surface area contributed by atoms with E-state index in [-0.39, 0.29) is 45.1 Å². The minimum atomic E-state index is -0.175. The van der Waals surface area contributed by atoms with Crippen LogP contribution in [0.15, 0.2) is 83.9 Å². The number of carbonyl (C=O) groups excluding carboxylic acids is 4. The van der Waals surface area contributed by atoms with Crippen LogP contribution in [0.4, 0.5) is 0 Å². The maximum atomic E-state index is 13.3. The lowest BCUT2D eigenvalue weighted by Crippen LogP contribution is -2.29. The van der Waals surface area contributed by atoms with Crippen LogP contribution in [-0.2, 0) is 10.8 Å². The van der Waals surface area contributed by atoms with Gasteiger partial charge in [0.2, 0.25) is 0 Å². The lowest BCUT2D eigenvalue weighted by atomic mass is 9.66. The molecule has 0 amide bonds. The fourth-order valence-electron chi connectivity index (χ4n) is 10.6. The monoisotopic (exact) mass is 714 g/mol. The molecule has 2 aromatic heterocycles. The van der Waals surface area contributed by atoms with Gasteiger partial charge in [-0.2, -0.15) is 0 Å². The van der Waals surface area contributed by atoms with Gasteiger partial charge in [-0.3, -0.25) is 19.2 Å². The Balaban J connectivity index is 1.05. The third-order valence-corrected chi connectivity index (χ3v) is 15.2. The molecule has 2 saturated carbocycles. The highest BCUT2D eigenvalue weighted by molar-refractivity contribution is 7.17. The van der Waals surface area contributed by atoms with E-state index in [4.69, 9.17) is 0 Å². The highest BCUT2D eigenvalue weighted by Crippen LogP contribution is 2.64. The smallest absolute Gasteiger partial charge is 0.197 e. The van der Waals surface area contributed by atoms with Crippen molar-refractivity contribution in [3.8, 4) is 20.9 Å². The van der Waals surface area contributed by atoms with Crippen molar-refractivity contribution in [3.05, 3.63) is 138 Å². The van der Waals surface area contributed by atoms with Gasteiger partial charge < -0.3 is 0 Å². The molecule has 0 unspecified atom stereocenters. The van der Waals surface area contributed by atoms with Gasteiger partial charge >= 0.3 is 0 Å². The fraction of sp³-hybridized carbons (Fsp3) is 0.261. The molecular formula is C46H34O4S2. The Morgan fingerprint density at radius 1 is 0.423 bits per heavy atom. The lowest BCUT2D eigenvalue weighted by molar-refractivity contribution is 0.0975. The van der Waals surface area contributed by atoms with Gasteiger partial charge in [-0.15, -0.1) is 22.7 Å². The second kappa shape index (κ2) is 10.9. The number of benzene rings is 3. The molecule has 254 valence electrons. The molecule has 0 saturated heterocycles. The number of rotatable bonds is 2. The van der Waals surface area contributed by atoms with Crippen LogP contribution in [0, 0.1) is 0 Å². The zero-order valence-electron chi connectivity index (χ0n) is 28.6. The molecule has 6 heteroatoms. The van der Waals surface area contributed by atoms with Crippen molar-refractivity contribution >= 4 is 58.0 Å². The van der Waals surface area contributed by atoms with Crippen molar-refractivity contribution in [3.63, 3.8) is 0 Å². The Labute approximate surface area is 309 Å². The maximum Gasteiger partial charge on any atom is 0.197 e. The average Bonchev–Trinajstić information content (AvgIpc) is 3.99. The van der Waals surface area contributed by atoms with Crippen LogP contribution >= 0.6 is 22.7 Å². The molecule has 0 radical (unpaired) electrons. The van der Waals surface area contributed by atoms with Gasteiger partial charge in [-0.25, -0.2) is 0 Å². The number of hydrogen-bond donors (Lipinski definition) is 0. The fourth-order valence-corrected chi connectivity index (χ4v) is 13.1. The van der Waals surface area contributed by atoms with E-state index in [2.05, 4.69) is 24.3 Å². The number of Topliss-reactive ketones (excluding diaryl/α,β-unsaturated/α-hetero) is 4. The highest BCUT2D eigenvalue weighted by atomic mass is 32.1. The largest absolute Gasteiger partial charge is 0.288 e. The average molecular weight is 715 g/mol. The first-order valence-corrected chi connectivity index (χ1v) is 20.3. The minimum Gasteiger partial charge on any atom is -0.288 e. The summed E-state index contributed by atoms with van der Waals surface area (Å²) in [5.41, 5.74) is 10.6. The van der Waals surface area contributed by atoms with E-state index < -0.39 is 0 Å². The number of hydrogen-bond acceptors (Lipinski definition) is 6. The first-order valence-electron chi connectivity index (χ1n) is 18.7. The molecule has 6 aliphatic rings. The highest BCUT2D eigenvalue weighted by Gasteiger charge is 2.50. The van der Waals surface area contributed by atoms with Gasteiger partial charge in [0.05, 0.1) is 11.1 Å². The van der Waals surface area contributed by atoms with Crippen LogP contribution in [0.2, 0.25) is 0 Å². The van der Waals surface area contributed by atoms with E-state index >= 15 is 0 Å². The number of thiophene rings is 2. The van der Waals surface area contributed by atoms with E-state index in [0.29, 0.717) is 22.3 Å². The second-order valence-electron chi connectivity index (χ2n) is 15.5. The summed E-state index contributed by atoms with van der Waals surface area (Å²) in [6.07, 6.45) is 15.2. The molecule has 5 aromatic rings. The maximum absolute atomic E-state index is 13.3. The Kier molecular flexibility index (Phi) is 6.44. The molecule has 52 heavy (non-hydrogen) atoms. The summed E-state index contributed by atoms with van der Waals surface area (Å²) >= 11 is 3.47. The van der Waals surface area contributed by atoms with E-state index in [1.54, 1.807) is 46.9 Å². The van der Waals surface area contributed by atoms with Crippen molar-refractivity contribution in [2.75, 3.05) is 0 Å². The molecule has 6 aliphatic carbocycles. The predicted octanol–water partition coefficient (Wildman–Crippen LogP) is 11.2. The van der Waals surface area contributed by atoms with Gasteiger partial charge in [0.1, 0.15) is 0 Å². The zero-order chi connectivity index (χ0) is 34.9. The molecule has 0 aliphatic heterocycles. The van der Waals surface area contributed by atoms with Crippen LogP contribution in [0.5, 0.6) is 0 Å². The van der Waals surface area contributed by atoms with Gasteiger partial charge in [-0.1, -0.05) is 87.1 Å². The number of fused-ring (bicyclic) bond motifs is 12. The zero-order valence-corrected chi connectivity index (χ0v) is 30.2. The third kappa shape index (κ3) is 3.97. The topological polar surface area (TPSA) is 68.3 Å². The Morgan fingerprint density at radius 2 is 0.769 bits per heavy atom. The quantitative estimate of drug-likeness (QED) is 0.135. The molecule has 11 rings (SSSR count). The van der Waals surface area contributed by atoms with Crippen LogP contribution in [0.25, 0.3) is 33.0 Å². The van der Waals surface area contributed by atoms with Crippen molar-refractivity contribution in [2.45, 2.75) is 75.0 Å². The molecule has 2 spiro atoms. The molecular weight excluding hydrogens is 681 g/mol. The molecule has 4 nitrogen and oxygen atoms in total. The van der Waals surface area contributed by atoms with Gasteiger partial charge in [0.25, 0.3) is 0 Å². The van der Waals surface area contributed by atoms with Crippen molar-refractivity contribution in [1.82, 2.24) is 0 Å². The minimum absolute atomic E-state index is 0.0864. The Morgan fingerprint density at radius 3 is 1.12 bits per heavy atom. The van der Waals surface area contributed by atoms with Gasteiger partial charge in [-0.05, 0) is 95.5 Å². The number of ketones is 4. The van der Waals surface area contributed by atoms with Crippen molar-refractivity contribution < 1.29 is 19.2 Å². The lowest BCUT2D eigenvalue weighted by Gasteiger charge is -2.37. The molecule has 0 bridgehead atoms. The van der Waals surface area contributed by atoms with E-state index in [1.165, 1.54) is 81.7 Å². The normalized spacial score (nSPS) is 19.9. The van der Waals surface area contributed by atoms with E-state index in [0.717, 1.165) is 35.4 Å². The molecule has 2 fully saturated rings. The standard InChI is InChI=1S/C46H34O4S2/c47-39-27-11-3-4-12-28(27)40(48)33(39)19-25-21-37-43(51-25)31-24-36-32(23-35(31)45(37)15-7-1-8-16-45)44-38(46(36)17-9-2-10-18-46)22-26(52-44)20-34-41(49)29-13-5-6-14-30(29)42(34)50/h3-6,11-14,19-24H,1-2,7-10,15-18H2. The summed E-state index contributed by atoms with van der Waals surface area (Å²) in [6, 6.07) is 23.9. The van der Waals surface area contributed by atoms with Gasteiger partial charge in [0.15, 0.2) is 23.1 Å². The predicted molar refractivity (Wildman–Crippen MR) is 207 cm³/mol. The summed E-state index contributed by atoms with van der Waals surface area (Å²) < 4.78 is 0. The van der Waals surface area contributed by atoms with Crippen LogP contribution in [0.3, 0.4) is 0 Å². The van der Waals surface area contributed by atoms with E-state index in [1.807, 2.05) is 36.4 Å². The molecule has 0 atom stereocenters. The first-order chi connectivity index (χ1) is 25.4. The van der Waals surface area contributed by atoms with Crippen molar-refractivity contribution in [2.24, 2.45) is 0 Å². The molecule has 3 aromatic carbocycles. The summed E-state index contributed by atoms with van der Waals surface area (Å²) in [6.45, 7) is 0. The summed E-state index contributed by atoms with van der Waals surface area (Å²) in [7, 11) is 0. The van der Waals surface area contributed by atoms with Gasteiger partial charge in [0, 0.05) is 52.6 Å². The van der Waals surface area contributed by atoms with Crippen molar-refractivity contribution in [1.29, 1.82) is 0 Å². The SMILES string of the molecule is O=C1C(=Cc2cc3c(s2)-c2cc4c(cc2C32CCCCC2)-c2sc(C=C3C(=O)c5ccccc5C3=O)cc2C42CCCCC2)C(=O)c2ccccc21. The number of carbonyl (C=O) groups is 4. The van der Waals surface area contributed by atoms with Crippen LogP contribution < -0.4 is 0 Å². The number of allylic oxidation sites excluding steroid dienone is 2. The third-order valence-electron chi connectivity index (χ3n) is 13.0. The molecule has 2 heterocycles. The van der Waals surface area contributed by atoms with Crippen LogP contribution in [-0.4, -0.2) is 23.1 Å². The van der Waals surface area contributed by atoms with Crippen LogP contribution in [0.1, 0.15) is 138 Å². The summed E-state index contributed by atoms with van der Waals surface area (Å²) in [4.78, 5) is 57.9. The second-order valence-corrected chi connectivity index (χ2v) is 17.7. The Bertz CT molecular complexity index is 2310. The Hall–Kier alpha value is -4.78. The summed E-state index contributed by atoms with van der Waals surface area (Å²) in [5.74, 6) is -0.699. The molecule has 0 N–H and O–H groups in total.